The molecule has 0 saturated carbocycles. The molecule has 0 unspecified atom stereocenters. The summed E-state index contributed by atoms with van der Waals surface area (Å²) in [6.45, 7) is 0. The smallest absolute Gasteiger partial charge is 0.196 e. The number of hydrogen-bond acceptors (Lipinski definition) is 1. The molecule has 0 aliphatic heterocycles. The number of benzene rings is 4. The molecule has 3 heteroatoms. The Morgan fingerprint density at radius 3 is 1.29 bits per heavy atom. The van der Waals surface area contributed by atoms with Gasteiger partial charge >= 0.3 is 0 Å². The van der Waals surface area contributed by atoms with Crippen molar-refractivity contribution >= 4 is 50.5 Å². The van der Waals surface area contributed by atoms with Crippen molar-refractivity contribution < 1.29 is 4.79 Å². The van der Waals surface area contributed by atoms with Crippen molar-refractivity contribution in [2.45, 2.75) is 0 Å². The molecule has 0 bridgehead atoms. The molecule has 4 rings (SSSR count). The molecule has 0 aliphatic carbocycles. The van der Waals surface area contributed by atoms with E-state index in [1.807, 2.05) is 72.8 Å². The lowest BCUT2D eigenvalue weighted by Gasteiger charge is -2.09. The summed E-state index contributed by atoms with van der Waals surface area (Å²) >= 11 is 12.7. The van der Waals surface area contributed by atoms with Crippen LogP contribution in [0.25, 0.3) is 21.5 Å². The first-order chi connectivity index (χ1) is 11.6. The van der Waals surface area contributed by atoms with Crippen LogP contribution in [0.15, 0.2) is 72.8 Å². The fourth-order valence-corrected chi connectivity index (χ4v) is 3.43. The predicted octanol–water partition coefficient (Wildman–Crippen LogP) is 6.53. The predicted molar refractivity (Wildman–Crippen MR) is 101 cm³/mol. The van der Waals surface area contributed by atoms with Crippen LogP contribution >= 0.6 is 23.2 Å². The Morgan fingerprint density at radius 1 is 0.583 bits per heavy atom. The molecule has 0 N–H and O–H groups in total. The largest absolute Gasteiger partial charge is 0.288 e. The first kappa shape index (κ1) is 15.2. The van der Waals surface area contributed by atoms with Gasteiger partial charge in [0, 0.05) is 11.1 Å². The highest BCUT2D eigenvalue weighted by Crippen LogP contribution is 2.30. The van der Waals surface area contributed by atoms with Gasteiger partial charge in [0.05, 0.1) is 10.0 Å². The van der Waals surface area contributed by atoms with Gasteiger partial charge in [0.1, 0.15) is 0 Å². The third-order valence-corrected chi connectivity index (χ3v) is 4.79. The van der Waals surface area contributed by atoms with Crippen LogP contribution in [-0.2, 0) is 0 Å². The molecule has 0 spiro atoms. The summed E-state index contributed by atoms with van der Waals surface area (Å²) in [4.78, 5) is 13.0. The molecule has 0 atom stereocenters. The van der Waals surface area contributed by atoms with Crippen molar-refractivity contribution in [2.75, 3.05) is 0 Å². The lowest BCUT2D eigenvalue weighted by Crippen LogP contribution is -2.03. The van der Waals surface area contributed by atoms with Crippen LogP contribution in [-0.4, -0.2) is 5.78 Å². The van der Waals surface area contributed by atoms with Crippen molar-refractivity contribution in [2.24, 2.45) is 0 Å². The van der Waals surface area contributed by atoms with Crippen LogP contribution in [0.5, 0.6) is 0 Å². The molecule has 1 nitrogen and oxygen atoms in total. The second-order valence-electron chi connectivity index (χ2n) is 5.69. The van der Waals surface area contributed by atoms with Gasteiger partial charge < -0.3 is 0 Å². The molecule has 0 fully saturated rings. The summed E-state index contributed by atoms with van der Waals surface area (Å²) < 4.78 is 0. The minimum absolute atomic E-state index is 0.165. The number of hydrogen-bond donors (Lipinski definition) is 0. The highest BCUT2D eigenvalue weighted by Gasteiger charge is 2.17. The summed E-state index contributed by atoms with van der Waals surface area (Å²) in [5.41, 5.74) is 0.931. The molecular formula is C21H12Cl2O. The molecule has 0 radical (unpaired) electrons. The van der Waals surface area contributed by atoms with Gasteiger partial charge in [0.2, 0.25) is 0 Å². The zero-order chi connectivity index (χ0) is 16.7. The average Bonchev–Trinajstić information content (AvgIpc) is 2.60. The Labute approximate surface area is 149 Å². The second-order valence-corrected chi connectivity index (χ2v) is 6.50. The van der Waals surface area contributed by atoms with Gasteiger partial charge in [-0.05, 0) is 45.8 Å². The maximum atomic E-state index is 13.0. The highest BCUT2D eigenvalue weighted by atomic mass is 35.5. The topological polar surface area (TPSA) is 17.1 Å². The molecular weight excluding hydrogens is 339 g/mol. The molecule has 0 aliphatic rings. The van der Waals surface area contributed by atoms with E-state index < -0.39 is 0 Å². The Bertz CT molecular complexity index is 1010. The Balaban J connectivity index is 1.90. The van der Waals surface area contributed by atoms with Crippen molar-refractivity contribution in [3.05, 3.63) is 94.0 Å². The molecule has 0 saturated heterocycles. The van der Waals surface area contributed by atoms with Crippen molar-refractivity contribution in [1.82, 2.24) is 0 Å². The minimum Gasteiger partial charge on any atom is -0.288 e. The van der Waals surface area contributed by atoms with Crippen LogP contribution < -0.4 is 0 Å². The molecule has 24 heavy (non-hydrogen) atoms. The van der Waals surface area contributed by atoms with E-state index in [0.717, 1.165) is 21.5 Å². The highest BCUT2D eigenvalue weighted by molar-refractivity contribution is 6.39. The zero-order valence-electron chi connectivity index (χ0n) is 12.6. The van der Waals surface area contributed by atoms with Crippen molar-refractivity contribution in [3.63, 3.8) is 0 Å². The number of carbonyl (C=O) groups is 1. The number of rotatable bonds is 2. The summed E-state index contributed by atoms with van der Waals surface area (Å²) in [5.74, 6) is -0.165. The molecule has 4 aromatic rings. The van der Waals surface area contributed by atoms with E-state index in [0.29, 0.717) is 21.2 Å². The molecule has 4 aromatic carbocycles. The number of carbonyl (C=O) groups excluding carboxylic acids is 1. The maximum Gasteiger partial charge on any atom is 0.196 e. The van der Waals surface area contributed by atoms with Gasteiger partial charge in [-0.3, -0.25) is 4.79 Å². The monoisotopic (exact) mass is 350 g/mol. The minimum atomic E-state index is -0.165. The van der Waals surface area contributed by atoms with E-state index in [-0.39, 0.29) is 5.78 Å². The van der Waals surface area contributed by atoms with Crippen molar-refractivity contribution in [3.8, 4) is 0 Å². The lowest BCUT2D eigenvalue weighted by atomic mass is 9.97. The standard InChI is InChI=1S/C21H12Cl2O/c22-19-11-15-7-3-1-5-13(15)9-17(19)21(24)18-10-14-6-2-4-8-16(14)12-20(18)23/h1-12H. The first-order valence-electron chi connectivity index (χ1n) is 7.55. The summed E-state index contributed by atoms with van der Waals surface area (Å²) in [6, 6.07) is 22.9. The van der Waals surface area contributed by atoms with Crippen LogP contribution in [0.3, 0.4) is 0 Å². The molecule has 0 amide bonds. The van der Waals surface area contributed by atoms with Gasteiger partial charge in [0.25, 0.3) is 0 Å². The fourth-order valence-electron chi connectivity index (χ4n) is 2.92. The van der Waals surface area contributed by atoms with E-state index in [1.54, 1.807) is 0 Å². The van der Waals surface area contributed by atoms with Crippen LogP contribution in [0.4, 0.5) is 0 Å². The molecule has 0 heterocycles. The summed E-state index contributed by atoms with van der Waals surface area (Å²) in [6.07, 6.45) is 0. The van der Waals surface area contributed by atoms with Crippen molar-refractivity contribution in [1.29, 1.82) is 0 Å². The van der Waals surface area contributed by atoms with Crippen LogP contribution in [0.1, 0.15) is 15.9 Å². The van der Waals surface area contributed by atoms with E-state index in [4.69, 9.17) is 23.2 Å². The Morgan fingerprint density at radius 2 is 0.917 bits per heavy atom. The quantitative estimate of drug-likeness (QED) is 0.375. The average molecular weight is 351 g/mol. The molecule has 0 aromatic heterocycles. The normalized spacial score (nSPS) is 11.1. The third kappa shape index (κ3) is 2.56. The third-order valence-electron chi connectivity index (χ3n) is 4.16. The van der Waals surface area contributed by atoms with Crippen LogP contribution in [0, 0.1) is 0 Å². The van der Waals surface area contributed by atoms with E-state index in [1.165, 1.54) is 0 Å². The Kier molecular flexibility index (Phi) is 3.76. The van der Waals surface area contributed by atoms with E-state index in [2.05, 4.69) is 0 Å². The fraction of sp³-hybridized carbons (Fsp3) is 0. The molecule has 116 valence electrons. The zero-order valence-corrected chi connectivity index (χ0v) is 14.1. The van der Waals surface area contributed by atoms with Gasteiger partial charge in [-0.15, -0.1) is 0 Å². The van der Waals surface area contributed by atoms with Crippen LogP contribution in [0.2, 0.25) is 10.0 Å². The van der Waals surface area contributed by atoms with Gasteiger partial charge in [-0.25, -0.2) is 0 Å². The van der Waals surface area contributed by atoms with Gasteiger partial charge in [0.15, 0.2) is 5.78 Å². The summed E-state index contributed by atoms with van der Waals surface area (Å²) in [7, 11) is 0. The number of fused-ring (bicyclic) bond motifs is 2. The SMILES string of the molecule is O=C(c1cc2ccccc2cc1Cl)c1cc2ccccc2cc1Cl. The first-order valence-corrected chi connectivity index (χ1v) is 8.30. The van der Waals surface area contributed by atoms with Gasteiger partial charge in [-0.1, -0.05) is 71.7 Å². The second kappa shape index (κ2) is 5.94. The summed E-state index contributed by atoms with van der Waals surface area (Å²) in [5, 5.41) is 4.82. The maximum absolute atomic E-state index is 13.0. The van der Waals surface area contributed by atoms with Gasteiger partial charge in [-0.2, -0.15) is 0 Å². The Hall–Kier alpha value is -2.35. The van der Waals surface area contributed by atoms with E-state index in [9.17, 15) is 4.79 Å². The lowest BCUT2D eigenvalue weighted by molar-refractivity contribution is 0.103. The number of ketones is 1. The van der Waals surface area contributed by atoms with E-state index >= 15 is 0 Å². The number of halogens is 2.